The van der Waals surface area contributed by atoms with Crippen molar-refractivity contribution in [3.05, 3.63) is 60.2 Å². The van der Waals surface area contributed by atoms with E-state index in [2.05, 4.69) is 64.5 Å². The van der Waals surface area contributed by atoms with Crippen molar-refractivity contribution in [2.75, 3.05) is 64.5 Å². The number of nitrogens with zero attached hydrogens (tertiary/aromatic N) is 3. The molecule has 2 aliphatic heterocycles. The molecular weight excluding hydrogens is 527 g/mol. The van der Waals surface area contributed by atoms with E-state index >= 15 is 0 Å². The lowest BCUT2D eigenvalue weighted by molar-refractivity contribution is 0.0530. The number of nitrogens with one attached hydrogen (secondary N) is 1. The van der Waals surface area contributed by atoms with Gasteiger partial charge in [-0.25, -0.2) is 0 Å². The minimum Gasteiger partial charge on any atom is -0.497 e. The van der Waals surface area contributed by atoms with E-state index in [0.29, 0.717) is 0 Å². The molecule has 0 atom stereocenters. The fourth-order valence-corrected chi connectivity index (χ4v) is 4.71. The SMILES string of the molecule is CCNC(=NCC1(c2ccccc2)CCOCC1)N1CCN(c2ccc(OC)cc2)CC1.I. The van der Waals surface area contributed by atoms with Gasteiger partial charge in [-0.05, 0) is 49.6 Å². The number of anilines is 1. The Morgan fingerprint density at radius 1 is 1.00 bits per heavy atom. The van der Waals surface area contributed by atoms with E-state index in [0.717, 1.165) is 77.0 Å². The molecule has 0 unspecified atom stereocenters. The van der Waals surface area contributed by atoms with Crippen LogP contribution in [-0.2, 0) is 10.2 Å². The molecule has 0 amide bonds. The first-order valence-electron chi connectivity index (χ1n) is 11.8. The highest BCUT2D eigenvalue weighted by atomic mass is 127. The molecule has 4 rings (SSSR count). The predicted octanol–water partition coefficient (Wildman–Crippen LogP) is 4.15. The number of guanidine groups is 1. The van der Waals surface area contributed by atoms with Crippen LogP contribution in [0.1, 0.15) is 25.3 Å². The summed E-state index contributed by atoms with van der Waals surface area (Å²) < 4.78 is 11.0. The van der Waals surface area contributed by atoms with Crippen LogP contribution >= 0.6 is 24.0 Å². The molecule has 2 aliphatic rings. The molecule has 2 saturated heterocycles. The quantitative estimate of drug-likeness (QED) is 0.325. The highest BCUT2D eigenvalue weighted by Gasteiger charge is 2.34. The van der Waals surface area contributed by atoms with Crippen LogP contribution < -0.4 is 15.0 Å². The minimum absolute atomic E-state index is 0. The number of hydrogen-bond acceptors (Lipinski definition) is 4. The molecule has 6 nitrogen and oxygen atoms in total. The molecule has 0 aliphatic carbocycles. The van der Waals surface area contributed by atoms with Crippen molar-refractivity contribution in [1.29, 1.82) is 0 Å². The van der Waals surface area contributed by atoms with Gasteiger partial charge in [-0.1, -0.05) is 30.3 Å². The predicted molar refractivity (Wildman–Crippen MR) is 146 cm³/mol. The van der Waals surface area contributed by atoms with E-state index < -0.39 is 0 Å². The van der Waals surface area contributed by atoms with Crippen LogP contribution in [0.15, 0.2) is 59.6 Å². The van der Waals surface area contributed by atoms with E-state index in [9.17, 15) is 0 Å². The van der Waals surface area contributed by atoms with Crippen molar-refractivity contribution >= 4 is 35.6 Å². The van der Waals surface area contributed by atoms with Gasteiger partial charge in [0.2, 0.25) is 0 Å². The van der Waals surface area contributed by atoms with E-state index in [4.69, 9.17) is 14.5 Å². The highest BCUT2D eigenvalue weighted by molar-refractivity contribution is 14.0. The molecule has 0 bridgehead atoms. The Kier molecular flexibility index (Phi) is 9.67. The highest BCUT2D eigenvalue weighted by Crippen LogP contribution is 2.35. The first-order valence-corrected chi connectivity index (χ1v) is 11.8. The Balaban J connectivity index is 0.00000306. The number of hydrogen-bond donors (Lipinski definition) is 1. The van der Waals surface area contributed by atoms with Gasteiger partial charge in [0.05, 0.1) is 13.7 Å². The molecule has 2 aromatic rings. The third kappa shape index (κ3) is 6.32. The lowest BCUT2D eigenvalue weighted by Crippen LogP contribution is -2.53. The van der Waals surface area contributed by atoms with Crippen molar-refractivity contribution in [2.45, 2.75) is 25.2 Å². The van der Waals surface area contributed by atoms with E-state index in [1.807, 2.05) is 12.1 Å². The number of benzene rings is 2. The van der Waals surface area contributed by atoms with Crippen LogP contribution in [0.4, 0.5) is 5.69 Å². The normalized spacial score (nSPS) is 18.4. The minimum atomic E-state index is 0. The summed E-state index contributed by atoms with van der Waals surface area (Å²) in [5.74, 6) is 1.93. The average molecular weight is 565 g/mol. The molecular formula is C26H37IN4O2. The van der Waals surface area contributed by atoms with Crippen molar-refractivity contribution < 1.29 is 9.47 Å². The van der Waals surface area contributed by atoms with Gasteiger partial charge >= 0.3 is 0 Å². The number of aliphatic imine (C=N–C) groups is 1. The van der Waals surface area contributed by atoms with Gasteiger partial charge in [0, 0.05) is 57.0 Å². The van der Waals surface area contributed by atoms with Gasteiger partial charge in [-0.2, -0.15) is 0 Å². The average Bonchev–Trinajstić information content (AvgIpc) is 2.88. The molecule has 2 fully saturated rings. The number of rotatable bonds is 6. The second kappa shape index (κ2) is 12.5. The fourth-order valence-electron chi connectivity index (χ4n) is 4.71. The molecule has 33 heavy (non-hydrogen) atoms. The standard InChI is InChI=1S/C26H36N4O2.HI/c1-3-27-25(28-21-26(13-19-32-20-14-26)22-7-5-4-6-8-22)30-17-15-29(16-18-30)23-9-11-24(31-2)12-10-23;/h4-12H,3,13-21H2,1-2H3,(H,27,28);1H. The van der Waals surface area contributed by atoms with Gasteiger partial charge in [0.15, 0.2) is 5.96 Å². The van der Waals surface area contributed by atoms with Crippen LogP contribution in [0.3, 0.4) is 0 Å². The molecule has 1 N–H and O–H groups in total. The molecule has 0 saturated carbocycles. The second-order valence-corrected chi connectivity index (χ2v) is 8.60. The Bertz CT molecular complexity index is 862. The summed E-state index contributed by atoms with van der Waals surface area (Å²) in [5.41, 5.74) is 2.69. The first kappa shape index (κ1) is 25.6. The van der Waals surface area contributed by atoms with E-state index in [1.165, 1.54) is 11.3 Å². The number of halogens is 1. The maximum Gasteiger partial charge on any atom is 0.194 e. The lowest BCUT2D eigenvalue weighted by atomic mass is 9.74. The molecule has 0 spiro atoms. The Morgan fingerprint density at radius 3 is 2.27 bits per heavy atom. The van der Waals surface area contributed by atoms with Crippen LogP contribution in [0.25, 0.3) is 0 Å². The zero-order chi connectivity index (χ0) is 22.2. The topological polar surface area (TPSA) is 49.3 Å². The zero-order valence-electron chi connectivity index (χ0n) is 19.8. The summed E-state index contributed by atoms with van der Waals surface area (Å²) in [6.07, 6.45) is 2.04. The van der Waals surface area contributed by atoms with Gasteiger partial charge < -0.3 is 24.6 Å². The summed E-state index contributed by atoms with van der Waals surface area (Å²) in [6.45, 7) is 9.30. The number of ether oxygens (including phenoxy) is 2. The van der Waals surface area contributed by atoms with Crippen molar-refractivity contribution in [2.24, 2.45) is 4.99 Å². The first-order chi connectivity index (χ1) is 15.7. The third-order valence-corrected chi connectivity index (χ3v) is 6.72. The van der Waals surface area contributed by atoms with Crippen LogP contribution in [0, 0.1) is 0 Å². The van der Waals surface area contributed by atoms with Crippen LogP contribution in [0.2, 0.25) is 0 Å². The zero-order valence-corrected chi connectivity index (χ0v) is 22.2. The molecule has 180 valence electrons. The summed E-state index contributed by atoms with van der Waals surface area (Å²) in [7, 11) is 1.71. The second-order valence-electron chi connectivity index (χ2n) is 8.60. The Hall–Kier alpha value is -2.00. The smallest absolute Gasteiger partial charge is 0.194 e. The van der Waals surface area contributed by atoms with Gasteiger partial charge in [0.25, 0.3) is 0 Å². The molecule has 0 radical (unpaired) electrons. The largest absolute Gasteiger partial charge is 0.497 e. The monoisotopic (exact) mass is 564 g/mol. The van der Waals surface area contributed by atoms with Crippen molar-refractivity contribution in [3.8, 4) is 5.75 Å². The third-order valence-electron chi connectivity index (χ3n) is 6.72. The van der Waals surface area contributed by atoms with Gasteiger partial charge in [0.1, 0.15) is 5.75 Å². The molecule has 7 heteroatoms. The van der Waals surface area contributed by atoms with Crippen LogP contribution in [0.5, 0.6) is 5.75 Å². The Labute approximate surface area is 215 Å². The van der Waals surface area contributed by atoms with E-state index in [-0.39, 0.29) is 29.4 Å². The fraction of sp³-hybridized carbons (Fsp3) is 0.500. The van der Waals surface area contributed by atoms with Crippen molar-refractivity contribution in [1.82, 2.24) is 10.2 Å². The van der Waals surface area contributed by atoms with Gasteiger partial charge in [-0.15, -0.1) is 24.0 Å². The number of methoxy groups -OCH3 is 1. The van der Waals surface area contributed by atoms with Crippen LogP contribution in [-0.4, -0.2) is 70.5 Å². The maximum absolute atomic E-state index is 5.70. The van der Waals surface area contributed by atoms with E-state index in [1.54, 1.807) is 7.11 Å². The molecule has 2 aromatic carbocycles. The summed E-state index contributed by atoms with van der Waals surface area (Å²) in [5, 5.41) is 3.54. The summed E-state index contributed by atoms with van der Waals surface area (Å²) >= 11 is 0. The Morgan fingerprint density at radius 2 is 1.67 bits per heavy atom. The van der Waals surface area contributed by atoms with Gasteiger partial charge in [-0.3, -0.25) is 4.99 Å². The lowest BCUT2D eigenvalue weighted by Gasteiger charge is -2.39. The summed E-state index contributed by atoms with van der Waals surface area (Å²) in [6, 6.07) is 19.2. The number of piperazine rings is 1. The van der Waals surface area contributed by atoms with Crippen molar-refractivity contribution in [3.63, 3.8) is 0 Å². The maximum atomic E-state index is 5.70. The molecule has 0 aromatic heterocycles. The molecule has 2 heterocycles. The summed E-state index contributed by atoms with van der Waals surface area (Å²) in [4.78, 5) is 10.0.